The largest absolute Gasteiger partial charge is 0.362 e. The van der Waals surface area contributed by atoms with E-state index in [-0.39, 0.29) is 6.04 Å². The van der Waals surface area contributed by atoms with Gasteiger partial charge in [0.05, 0.1) is 24.1 Å². The third-order valence-corrected chi connectivity index (χ3v) is 2.67. The van der Waals surface area contributed by atoms with Crippen molar-refractivity contribution in [1.82, 2.24) is 15.1 Å². The van der Waals surface area contributed by atoms with Gasteiger partial charge in [-0.05, 0) is 20.8 Å². The van der Waals surface area contributed by atoms with Crippen molar-refractivity contribution in [2.75, 3.05) is 5.32 Å². The second kappa shape index (κ2) is 4.71. The van der Waals surface area contributed by atoms with Crippen molar-refractivity contribution >= 4 is 17.4 Å². The molecule has 5 nitrogen and oxygen atoms in total. The molecule has 0 aliphatic heterocycles. The molecule has 2 aromatic heterocycles. The Balaban J connectivity index is 2.20. The van der Waals surface area contributed by atoms with E-state index in [1.165, 1.54) is 6.20 Å². The lowest BCUT2D eigenvalue weighted by Gasteiger charge is -2.13. The van der Waals surface area contributed by atoms with E-state index in [4.69, 9.17) is 16.1 Å². The van der Waals surface area contributed by atoms with Crippen LogP contribution in [-0.4, -0.2) is 15.1 Å². The number of rotatable bonds is 3. The molecule has 17 heavy (non-hydrogen) atoms. The van der Waals surface area contributed by atoms with Gasteiger partial charge < -0.3 is 9.84 Å². The van der Waals surface area contributed by atoms with Gasteiger partial charge in [-0.15, -0.1) is 0 Å². The molecule has 1 unspecified atom stereocenters. The molecule has 0 aliphatic rings. The fraction of sp³-hybridized carbons (Fsp3) is 0.364. The molecular formula is C11H13ClN4O. The lowest BCUT2D eigenvalue weighted by atomic mass is 10.1. The summed E-state index contributed by atoms with van der Waals surface area (Å²) in [7, 11) is 0. The van der Waals surface area contributed by atoms with Gasteiger partial charge in [0.15, 0.2) is 0 Å². The van der Waals surface area contributed by atoms with Crippen LogP contribution < -0.4 is 5.32 Å². The summed E-state index contributed by atoms with van der Waals surface area (Å²) in [5.74, 6) is 1.43. The number of nitrogens with zero attached hydrogens (tertiary/aromatic N) is 3. The molecule has 0 saturated heterocycles. The summed E-state index contributed by atoms with van der Waals surface area (Å²) in [5.41, 5.74) is 1.91. The number of anilines is 1. The first-order valence-electron chi connectivity index (χ1n) is 5.24. The van der Waals surface area contributed by atoms with Crippen molar-refractivity contribution in [1.29, 1.82) is 0 Å². The fourth-order valence-corrected chi connectivity index (χ4v) is 1.96. The number of nitrogens with one attached hydrogen (secondary N) is 1. The lowest BCUT2D eigenvalue weighted by molar-refractivity contribution is 0.392. The molecule has 2 heterocycles. The minimum atomic E-state index is 0.0361. The minimum absolute atomic E-state index is 0.0361. The maximum atomic E-state index is 5.77. The van der Waals surface area contributed by atoms with E-state index in [2.05, 4.69) is 20.4 Å². The Kier molecular flexibility index (Phi) is 3.28. The summed E-state index contributed by atoms with van der Waals surface area (Å²) in [6.45, 7) is 5.81. The normalized spacial score (nSPS) is 12.5. The zero-order valence-electron chi connectivity index (χ0n) is 9.86. The Hall–Kier alpha value is -1.62. The molecule has 0 radical (unpaired) electrons. The number of aryl methyl sites for hydroxylation is 2. The summed E-state index contributed by atoms with van der Waals surface area (Å²) >= 11 is 5.77. The van der Waals surface area contributed by atoms with Crippen LogP contribution >= 0.6 is 11.6 Å². The smallest absolute Gasteiger partial charge is 0.149 e. The third-order valence-electron chi connectivity index (χ3n) is 2.49. The Morgan fingerprint density at radius 2 is 2.12 bits per heavy atom. The Labute approximate surface area is 104 Å². The van der Waals surface area contributed by atoms with Crippen LogP contribution in [0.3, 0.4) is 0 Å². The Bertz CT molecular complexity index is 506. The van der Waals surface area contributed by atoms with Gasteiger partial charge in [-0.25, -0.2) is 4.98 Å². The first kappa shape index (κ1) is 11.9. The van der Waals surface area contributed by atoms with Crippen LogP contribution in [0.25, 0.3) is 0 Å². The number of hydrogen-bond acceptors (Lipinski definition) is 5. The monoisotopic (exact) mass is 252 g/mol. The number of halogens is 1. The maximum Gasteiger partial charge on any atom is 0.149 e. The quantitative estimate of drug-likeness (QED) is 0.910. The van der Waals surface area contributed by atoms with Crippen molar-refractivity contribution in [3.8, 4) is 0 Å². The highest BCUT2D eigenvalue weighted by atomic mass is 35.5. The van der Waals surface area contributed by atoms with E-state index in [1.54, 1.807) is 6.20 Å². The summed E-state index contributed by atoms with van der Waals surface area (Å²) in [4.78, 5) is 8.09. The zero-order chi connectivity index (χ0) is 12.4. The predicted octanol–water partition coefficient (Wildman–Crippen LogP) is 2.91. The van der Waals surface area contributed by atoms with E-state index in [1.807, 2.05) is 20.8 Å². The van der Waals surface area contributed by atoms with Gasteiger partial charge in [0, 0.05) is 5.56 Å². The zero-order valence-corrected chi connectivity index (χ0v) is 10.6. The van der Waals surface area contributed by atoms with E-state index < -0.39 is 0 Å². The maximum absolute atomic E-state index is 5.77. The van der Waals surface area contributed by atoms with Crippen LogP contribution in [0, 0.1) is 13.8 Å². The molecule has 0 spiro atoms. The van der Waals surface area contributed by atoms with Crippen LogP contribution in [0.15, 0.2) is 16.9 Å². The third kappa shape index (κ3) is 2.55. The highest BCUT2D eigenvalue weighted by molar-refractivity contribution is 6.29. The molecule has 0 bridgehead atoms. The average Bonchev–Trinajstić information content (AvgIpc) is 2.58. The highest BCUT2D eigenvalue weighted by Crippen LogP contribution is 2.24. The predicted molar refractivity (Wildman–Crippen MR) is 65.1 cm³/mol. The molecule has 1 N–H and O–H groups in total. The van der Waals surface area contributed by atoms with Gasteiger partial charge in [0.25, 0.3) is 0 Å². The van der Waals surface area contributed by atoms with Crippen molar-refractivity contribution in [2.45, 2.75) is 26.8 Å². The minimum Gasteiger partial charge on any atom is -0.362 e. The Morgan fingerprint density at radius 3 is 2.71 bits per heavy atom. The second-order valence-corrected chi connectivity index (χ2v) is 4.22. The van der Waals surface area contributed by atoms with Gasteiger partial charge in [0.1, 0.15) is 16.7 Å². The summed E-state index contributed by atoms with van der Waals surface area (Å²) in [5, 5.41) is 7.49. The molecule has 0 fully saturated rings. The first-order chi connectivity index (χ1) is 8.08. The van der Waals surface area contributed by atoms with Gasteiger partial charge in [-0.1, -0.05) is 16.8 Å². The van der Waals surface area contributed by atoms with Gasteiger partial charge in [0.2, 0.25) is 0 Å². The van der Waals surface area contributed by atoms with Gasteiger partial charge >= 0.3 is 0 Å². The average molecular weight is 253 g/mol. The van der Waals surface area contributed by atoms with E-state index >= 15 is 0 Å². The first-order valence-corrected chi connectivity index (χ1v) is 5.62. The topological polar surface area (TPSA) is 63.8 Å². The van der Waals surface area contributed by atoms with Crippen molar-refractivity contribution in [2.24, 2.45) is 0 Å². The summed E-state index contributed by atoms with van der Waals surface area (Å²) in [6.07, 6.45) is 3.12. The van der Waals surface area contributed by atoms with Crippen molar-refractivity contribution in [3.63, 3.8) is 0 Å². The number of hydrogen-bond donors (Lipinski definition) is 1. The number of aromatic nitrogens is 3. The molecular weight excluding hydrogens is 240 g/mol. The SMILES string of the molecule is Cc1noc(C)c1C(C)Nc1cncc(Cl)n1. The van der Waals surface area contributed by atoms with E-state index in [0.717, 1.165) is 17.0 Å². The van der Waals surface area contributed by atoms with Crippen molar-refractivity contribution < 1.29 is 4.52 Å². The summed E-state index contributed by atoms with van der Waals surface area (Å²) < 4.78 is 5.13. The van der Waals surface area contributed by atoms with Crippen molar-refractivity contribution in [3.05, 3.63) is 34.6 Å². The second-order valence-electron chi connectivity index (χ2n) is 3.83. The van der Waals surface area contributed by atoms with Gasteiger partial charge in [-0.3, -0.25) is 4.98 Å². The van der Waals surface area contributed by atoms with Gasteiger partial charge in [-0.2, -0.15) is 0 Å². The molecule has 0 aromatic carbocycles. The lowest BCUT2D eigenvalue weighted by Crippen LogP contribution is -2.09. The van der Waals surface area contributed by atoms with Crippen LogP contribution in [0.1, 0.15) is 30.0 Å². The van der Waals surface area contributed by atoms with Crippen LogP contribution in [-0.2, 0) is 0 Å². The fourth-order valence-electron chi connectivity index (χ4n) is 1.81. The van der Waals surface area contributed by atoms with E-state index in [0.29, 0.717) is 11.0 Å². The molecule has 2 rings (SSSR count). The van der Waals surface area contributed by atoms with E-state index in [9.17, 15) is 0 Å². The van der Waals surface area contributed by atoms with Crippen LogP contribution in [0.2, 0.25) is 5.15 Å². The highest BCUT2D eigenvalue weighted by Gasteiger charge is 2.16. The van der Waals surface area contributed by atoms with Crippen LogP contribution in [0.5, 0.6) is 0 Å². The molecule has 0 saturated carbocycles. The summed E-state index contributed by atoms with van der Waals surface area (Å²) in [6, 6.07) is 0.0361. The standard InChI is InChI=1S/C11H13ClN4O/c1-6(11-7(2)16-17-8(11)3)14-10-5-13-4-9(12)15-10/h4-6H,1-3H3,(H,14,15). The molecule has 0 amide bonds. The van der Waals surface area contributed by atoms with Crippen LogP contribution in [0.4, 0.5) is 5.82 Å². The Morgan fingerprint density at radius 1 is 1.35 bits per heavy atom. The molecule has 0 aliphatic carbocycles. The molecule has 2 aromatic rings. The molecule has 90 valence electrons. The molecule has 6 heteroatoms. The molecule has 1 atom stereocenters.